The highest BCUT2D eigenvalue weighted by atomic mass is 127. The van der Waals surface area contributed by atoms with Gasteiger partial charge in [-0.15, -0.1) is 0 Å². The summed E-state index contributed by atoms with van der Waals surface area (Å²) in [5.74, 6) is -0.542. The van der Waals surface area contributed by atoms with Crippen molar-refractivity contribution in [3.63, 3.8) is 0 Å². The molecule has 1 heterocycles. The molecular weight excluding hydrogens is 642 g/mol. The number of nitrogens with zero attached hydrogens (tertiary/aromatic N) is 1. The molecule has 4 amide bonds. The van der Waals surface area contributed by atoms with Crippen LogP contribution in [0.15, 0.2) is 60.2 Å². The minimum atomic E-state index is -0.785. The summed E-state index contributed by atoms with van der Waals surface area (Å²) >= 11 is 14.4. The average Bonchev–Trinajstić information content (AvgIpc) is 2.87. The fourth-order valence-electron chi connectivity index (χ4n) is 3.93. The van der Waals surface area contributed by atoms with E-state index >= 15 is 0 Å². The van der Waals surface area contributed by atoms with Gasteiger partial charge in [-0.25, -0.2) is 9.69 Å². The zero-order valence-electron chi connectivity index (χ0n) is 20.5. The summed E-state index contributed by atoms with van der Waals surface area (Å²) in [6, 6.07) is 14.9. The number of hydrogen-bond acceptors (Lipinski definition) is 5. The van der Waals surface area contributed by atoms with Gasteiger partial charge >= 0.3 is 6.03 Å². The second-order valence-electron chi connectivity index (χ2n) is 8.23. The van der Waals surface area contributed by atoms with Crippen LogP contribution in [0.4, 0.5) is 10.5 Å². The van der Waals surface area contributed by atoms with Gasteiger partial charge in [-0.3, -0.25) is 14.9 Å². The van der Waals surface area contributed by atoms with E-state index in [0.717, 1.165) is 16.0 Å². The lowest BCUT2D eigenvalue weighted by Crippen LogP contribution is -2.54. The number of urea groups is 1. The van der Waals surface area contributed by atoms with Gasteiger partial charge < -0.3 is 9.47 Å². The Bertz CT molecular complexity index is 1460. The lowest BCUT2D eigenvalue weighted by atomic mass is 10.0. The predicted octanol–water partition coefficient (Wildman–Crippen LogP) is 6.80. The number of benzene rings is 3. The Kier molecular flexibility index (Phi) is 8.96. The van der Waals surface area contributed by atoms with Crippen LogP contribution in [0.1, 0.15) is 30.5 Å². The van der Waals surface area contributed by atoms with Crippen molar-refractivity contribution in [2.45, 2.75) is 26.9 Å². The van der Waals surface area contributed by atoms with Crippen LogP contribution in [0.25, 0.3) is 6.08 Å². The normalized spacial score (nSPS) is 14.6. The summed E-state index contributed by atoms with van der Waals surface area (Å²) in [7, 11) is 0. The zero-order valence-corrected chi connectivity index (χ0v) is 24.2. The Morgan fingerprint density at radius 3 is 2.45 bits per heavy atom. The summed E-state index contributed by atoms with van der Waals surface area (Å²) in [5.41, 5.74) is 2.36. The number of amides is 4. The number of nitrogens with one attached hydrogen (secondary N) is 1. The van der Waals surface area contributed by atoms with Crippen LogP contribution in [0, 0.1) is 3.57 Å². The molecule has 0 bridgehead atoms. The molecule has 10 heteroatoms. The van der Waals surface area contributed by atoms with Gasteiger partial charge in [-0.05, 0) is 83.5 Å². The number of rotatable bonds is 8. The molecular formula is C28H23Cl2IN2O5. The van der Waals surface area contributed by atoms with Gasteiger partial charge in [0.25, 0.3) is 11.8 Å². The van der Waals surface area contributed by atoms with Gasteiger partial charge in [0.05, 0.1) is 15.9 Å². The minimum absolute atomic E-state index is 0.171. The van der Waals surface area contributed by atoms with Crippen molar-refractivity contribution < 1.29 is 23.9 Å². The lowest BCUT2D eigenvalue weighted by Gasteiger charge is -2.28. The number of para-hydroxylation sites is 1. The van der Waals surface area contributed by atoms with Crippen LogP contribution in [-0.2, 0) is 22.6 Å². The molecule has 0 spiro atoms. The number of aryl methyl sites for hydroxylation is 1. The van der Waals surface area contributed by atoms with Crippen LogP contribution >= 0.6 is 45.8 Å². The van der Waals surface area contributed by atoms with Crippen LogP contribution in [0.2, 0.25) is 10.0 Å². The fraction of sp³-hybridized carbons (Fsp3) is 0.179. The predicted molar refractivity (Wildman–Crippen MR) is 156 cm³/mol. The molecule has 0 aromatic heterocycles. The fourth-order valence-corrected chi connectivity index (χ4v) is 5.18. The second kappa shape index (κ2) is 12.2. The van der Waals surface area contributed by atoms with E-state index in [1.165, 1.54) is 6.08 Å². The smallest absolute Gasteiger partial charge is 0.335 e. The molecule has 1 N–H and O–H groups in total. The van der Waals surface area contributed by atoms with Crippen molar-refractivity contribution in [2.75, 3.05) is 11.5 Å². The van der Waals surface area contributed by atoms with Crippen molar-refractivity contribution in [2.24, 2.45) is 0 Å². The Labute approximate surface area is 243 Å². The molecule has 1 saturated heterocycles. The first-order valence-corrected chi connectivity index (χ1v) is 13.6. The van der Waals surface area contributed by atoms with Gasteiger partial charge in [0.2, 0.25) is 0 Å². The van der Waals surface area contributed by atoms with E-state index in [2.05, 4.69) is 27.9 Å². The van der Waals surface area contributed by atoms with E-state index in [1.807, 2.05) is 26.0 Å². The molecule has 3 aromatic carbocycles. The Balaban J connectivity index is 1.68. The third kappa shape index (κ3) is 5.98. The van der Waals surface area contributed by atoms with E-state index in [1.54, 1.807) is 42.5 Å². The third-order valence-electron chi connectivity index (χ3n) is 5.74. The van der Waals surface area contributed by atoms with Crippen LogP contribution in [0.3, 0.4) is 0 Å². The largest absolute Gasteiger partial charge is 0.490 e. The highest BCUT2D eigenvalue weighted by Gasteiger charge is 2.37. The summed E-state index contributed by atoms with van der Waals surface area (Å²) in [4.78, 5) is 39.7. The maximum absolute atomic E-state index is 13.4. The number of carbonyl (C=O) groups excluding carboxylic acids is 3. The summed E-state index contributed by atoms with van der Waals surface area (Å²) in [6.45, 7) is 4.31. The molecule has 1 aliphatic rings. The van der Waals surface area contributed by atoms with Crippen LogP contribution < -0.4 is 19.7 Å². The quantitative estimate of drug-likeness (QED) is 0.163. The molecule has 0 saturated carbocycles. The van der Waals surface area contributed by atoms with Crippen molar-refractivity contribution in [3.8, 4) is 11.5 Å². The number of carbonyl (C=O) groups is 3. The molecule has 0 atom stereocenters. The number of barbiturate groups is 1. The van der Waals surface area contributed by atoms with Crippen LogP contribution in [-0.4, -0.2) is 24.5 Å². The lowest BCUT2D eigenvalue weighted by molar-refractivity contribution is -0.122. The van der Waals surface area contributed by atoms with Gasteiger partial charge in [0.1, 0.15) is 12.2 Å². The molecule has 38 heavy (non-hydrogen) atoms. The number of anilines is 1. The number of ether oxygens (including phenoxy) is 2. The first kappa shape index (κ1) is 27.9. The SMILES string of the molecule is CCOc1cc(/C=C2/C(=O)NC(=O)N(c3ccccc3CC)C2=O)cc(I)c1OCc1ccc(Cl)cc1Cl. The van der Waals surface area contributed by atoms with E-state index in [-0.39, 0.29) is 12.2 Å². The Morgan fingerprint density at radius 2 is 1.74 bits per heavy atom. The maximum atomic E-state index is 13.4. The van der Waals surface area contributed by atoms with E-state index in [4.69, 9.17) is 32.7 Å². The summed E-state index contributed by atoms with van der Waals surface area (Å²) in [6.07, 6.45) is 2.05. The minimum Gasteiger partial charge on any atom is -0.490 e. The second-order valence-corrected chi connectivity index (χ2v) is 10.2. The van der Waals surface area contributed by atoms with E-state index < -0.39 is 17.8 Å². The van der Waals surface area contributed by atoms with Gasteiger partial charge in [-0.1, -0.05) is 54.4 Å². The Morgan fingerprint density at radius 1 is 0.974 bits per heavy atom. The van der Waals surface area contributed by atoms with Crippen molar-refractivity contribution >= 4 is 75.4 Å². The molecule has 0 aliphatic carbocycles. The molecule has 1 fully saturated rings. The monoisotopic (exact) mass is 664 g/mol. The molecule has 0 radical (unpaired) electrons. The molecule has 7 nitrogen and oxygen atoms in total. The molecule has 196 valence electrons. The molecule has 3 aromatic rings. The van der Waals surface area contributed by atoms with Gasteiger partial charge in [0.15, 0.2) is 11.5 Å². The topological polar surface area (TPSA) is 84.9 Å². The van der Waals surface area contributed by atoms with Gasteiger partial charge in [0, 0.05) is 15.6 Å². The number of hydrogen-bond donors (Lipinski definition) is 1. The standard InChI is InChI=1S/C28H23Cl2IN2O5/c1-3-17-7-5-6-8-23(17)33-27(35)20(26(34)32-28(33)36)11-16-12-22(31)25(24(13-16)37-4-2)38-15-18-9-10-19(29)14-21(18)30/h5-14H,3-4,15H2,1-2H3,(H,32,34,36)/b20-11-. The van der Waals surface area contributed by atoms with Crippen LogP contribution in [0.5, 0.6) is 11.5 Å². The van der Waals surface area contributed by atoms with E-state index in [0.29, 0.717) is 49.4 Å². The number of imide groups is 2. The molecule has 0 unspecified atom stereocenters. The van der Waals surface area contributed by atoms with Crippen molar-refractivity contribution in [1.29, 1.82) is 0 Å². The summed E-state index contributed by atoms with van der Waals surface area (Å²) < 4.78 is 12.6. The highest BCUT2D eigenvalue weighted by molar-refractivity contribution is 14.1. The van der Waals surface area contributed by atoms with E-state index in [9.17, 15) is 14.4 Å². The highest BCUT2D eigenvalue weighted by Crippen LogP contribution is 2.36. The first-order valence-electron chi connectivity index (χ1n) is 11.8. The first-order chi connectivity index (χ1) is 18.2. The maximum Gasteiger partial charge on any atom is 0.335 e. The third-order valence-corrected chi connectivity index (χ3v) is 7.13. The average molecular weight is 665 g/mol. The zero-order chi connectivity index (χ0) is 27.4. The van der Waals surface area contributed by atoms with Gasteiger partial charge in [-0.2, -0.15) is 0 Å². The number of halogens is 3. The van der Waals surface area contributed by atoms with Crippen molar-refractivity contribution in [3.05, 3.63) is 90.5 Å². The van der Waals surface area contributed by atoms with Crippen molar-refractivity contribution in [1.82, 2.24) is 5.32 Å². The molecule has 1 aliphatic heterocycles. The summed E-state index contributed by atoms with van der Waals surface area (Å²) in [5, 5.41) is 3.28. The Hall–Kier alpha value is -3.08. The molecule has 4 rings (SSSR count).